The van der Waals surface area contributed by atoms with Crippen LogP contribution in [0, 0.1) is 6.92 Å². The number of carbonyl (C=O) groups excluding carboxylic acids is 2. The van der Waals surface area contributed by atoms with Gasteiger partial charge in [0.05, 0.1) is 0 Å². The van der Waals surface area contributed by atoms with Gasteiger partial charge in [0.2, 0.25) is 11.8 Å². The van der Waals surface area contributed by atoms with E-state index < -0.39 is 11.9 Å². The van der Waals surface area contributed by atoms with Crippen LogP contribution in [0.4, 0.5) is 10.8 Å². The van der Waals surface area contributed by atoms with E-state index in [0.29, 0.717) is 5.89 Å². The van der Waals surface area contributed by atoms with Crippen LogP contribution in [-0.4, -0.2) is 28.0 Å². The van der Waals surface area contributed by atoms with Gasteiger partial charge in [0.1, 0.15) is 0 Å². The normalized spacial score (nSPS) is 9.73. The molecule has 0 unspecified atom stereocenters. The highest BCUT2D eigenvalue weighted by Gasteiger charge is 2.10. The second kappa shape index (κ2) is 5.30. The standard InChI is InChI=1S/C7H9ClN4O3/c1-4-11-12-7(15-4)10-6(14)9-5(13)2-3-8/h2-3H2,1H3,(H2,9,10,12,13,14). The highest BCUT2D eigenvalue weighted by atomic mass is 35.5. The third-order valence-corrected chi connectivity index (χ3v) is 1.51. The number of anilines is 1. The molecule has 0 saturated heterocycles. The minimum atomic E-state index is -0.728. The molecule has 0 radical (unpaired) electrons. The number of imide groups is 1. The van der Waals surface area contributed by atoms with E-state index >= 15 is 0 Å². The number of rotatable bonds is 3. The highest BCUT2D eigenvalue weighted by molar-refractivity contribution is 6.19. The number of aryl methyl sites for hydroxylation is 1. The molecule has 1 heterocycles. The van der Waals surface area contributed by atoms with Crippen LogP contribution >= 0.6 is 11.6 Å². The summed E-state index contributed by atoms with van der Waals surface area (Å²) >= 11 is 5.31. The Morgan fingerprint density at radius 2 is 2.20 bits per heavy atom. The van der Waals surface area contributed by atoms with E-state index in [2.05, 4.69) is 15.5 Å². The van der Waals surface area contributed by atoms with Crippen LogP contribution in [0.3, 0.4) is 0 Å². The summed E-state index contributed by atoms with van der Waals surface area (Å²) in [5, 5.41) is 11.2. The average molecular weight is 233 g/mol. The number of amides is 3. The highest BCUT2D eigenvalue weighted by Crippen LogP contribution is 2.02. The average Bonchev–Trinajstić information content (AvgIpc) is 2.51. The van der Waals surface area contributed by atoms with Crippen molar-refractivity contribution in [2.75, 3.05) is 11.2 Å². The first kappa shape index (κ1) is 11.4. The van der Waals surface area contributed by atoms with Crippen LogP contribution in [0.2, 0.25) is 0 Å². The first-order valence-electron chi connectivity index (χ1n) is 4.08. The third kappa shape index (κ3) is 3.94. The molecule has 1 aromatic rings. The summed E-state index contributed by atoms with van der Waals surface area (Å²) in [5.74, 6) is -0.00480. The maximum absolute atomic E-state index is 11.1. The van der Waals surface area contributed by atoms with Gasteiger partial charge in [-0.3, -0.25) is 15.4 Å². The predicted octanol–water partition coefficient (Wildman–Crippen LogP) is 0.655. The van der Waals surface area contributed by atoms with Crippen molar-refractivity contribution < 1.29 is 14.0 Å². The Hall–Kier alpha value is -1.63. The number of halogens is 1. The van der Waals surface area contributed by atoms with Crippen molar-refractivity contribution in [2.45, 2.75) is 13.3 Å². The molecule has 1 rings (SSSR count). The first-order chi connectivity index (χ1) is 7.11. The molecule has 2 N–H and O–H groups in total. The van der Waals surface area contributed by atoms with Crippen molar-refractivity contribution >= 4 is 29.6 Å². The molecule has 0 spiro atoms. The molecule has 1 aromatic heterocycles. The molecule has 82 valence electrons. The van der Waals surface area contributed by atoms with Gasteiger partial charge in [0, 0.05) is 19.2 Å². The van der Waals surface area contributed by atoms with Crippen LogP contribution in [0.15, 0.2) is 4.42 Å². The van der Waals surface area contributed by atoms with Crippen LogP contribution < -0.4 is 10.6 Å². The lowest BCUT2D eigenvalue weighted by Gasteiger charge is -2.01. The molecule has 0 atom stereocenters. The Balaban J connectivity index is 2.39. The Bertz CT molecular complexity index is 365. The maximum atomic E-state index is 11.1. The lowest BCUT2D eigenvalue weighted by atomic mass is 10.4. The van der Waals surface area contributed by atoms with E-state index in [-0.39, 0.29) is 18.3 Å². The molecule has 15 heavy (non-hydrogen) atoms. The van der Waals surface area contributed by atoms with E-state index in [0.717, 1.165) is 0 Å². The van der Waals surface area contributed by atoms with E-state index in [1.807, 2.05) is 5.32 Å². The van der Waals surface area contributed by atoms with Crippen molar-refractivity contribution in [3.05, 3.63) is 5.89 Å². The van der Waals surface area contributed by atoms with Crippen LogP contribution in [0.5, 0.6) is 0 Å². The molecule has 0 aromatic carbocycles. The number of aromatic nitrogens is 2. The lowest BCUT2D eigenvalue weighted by molar-refractivity contribution is -0.119. The largest absolute Gasteiger partial charge is 0.408 e. The molecule has 0 saturated carbocycles. The molecule has 0 fully saturated rings. The number of hydrogen-bond donors (Lipinski definition) is 2. The van der Waals surface area contributed by atoms with E-state index in [1.165, 1.54) is 0 Å². The zero-order chi connectivity index (χ0) is 11.3. The van der Waals surface area contributed by atoms with E-state index in [4.69, 9.17) is 16.0 Å². The fraction of sp³-hybridized carbons (Fsp3) is 0.429. The number of nitrogens with zero attached hydrogens (tertiary/aromatic N) is 2. The smallest absolute Gasteiger partial charge is 0.329 e. The van der Waals surface area contributed by atoms with Crippen LogP contribution in [0.1, 0.15) is 12.3 Å². The van der Waals surface area contributed by atoms with Gasteiger partial charge < -0.3 is 4.42 Å². The molecule has 0 aliphatic rings. The van der Waals surface area contributed by atoms with Crippen LogP contribution in [0.25, 0.3) is 0 Å². The predicted molar refractivity (Wildman–Crippen MR) is 51.5 cm³/mol. The molecule has 3 amide bonds. The first-order valence-corrected chi connectivity index (χ1v) is 4.62. The molecular weight excluding hydrogens is 224 g/mol. The second-order valence-electron chi connectivity index (χ2n) is 2.57. The zero-order valence-corrected chi connectivity index (χ0v) is 8.67. The number of alkyl halides is 1. The molecule has 0 bridgehead atoms. The Labute approximate surface area is 90.2 Å². The summed E-state index contributed by atoms with van der Waals surface area (Å²) in [6.07, 6.45) is 0.0673. The van der Waals surface area contributed by atoms with Gasteiger partial charge in [-0.15, -0.1) is 16.7 Å². The topological polar surface area (TPSA) is 97.1 Å². The summed E-state index contributed by atoms with van der Waals surface area (Å²) in [5.41, 5.74) is 0. The van der Waals surface area contributed by atoms with Gasteiger partial charge in [0.25, 0.3) is 0 Å². The SMILES string of the molecule is Cc1nnc(NC(=O)NC(=O)CCCl)o1. The van der Waals surface area contributed by atoms with E-state index in [1.54, 1.807) is 6.92 Å². The molecule has 0 aliphatic heterocycles. The number of urea groups is 1. The molecule has 8 heteroatoms. The van der Waals surface area contributed by atoms with Gasteiger partial charge in [-0.25, -0.2) is 4.79 Å². The summed E-state index contributed by atoms with van der Waals surface area (Å²) in [4.78, 5) is 22.0. The molecule has 0 aliphatic carbocycles. The minimum Gasteiger partial charge on any atom is -0.408 e. The lowest BCUT2D eigenvalue weighted by Crippen LogP contribution is -2.34. The quantitative estimate of drug-likeness (QED) is 0.746. The van der Waals surface area contributed by atoms with Crippen molar-refractivity contribution in [1.29, 1.82) is 0 Å². The summed E-state index contributed by atoms with van der Waals surface area (Å²) in [6.45, 7) is 1.58. The Kier molecular flexibility index (Phi) is 4.04. The van der Waals surface area contributed by atoms with Crippen molar-refractivity contribution in [2.24, 2.45) is 0 Å². The number of carbonyl (C=O) groups is 2. The van der Waals surface area contributed by atoms with Crippen molar-refractivity contribution in [1.82, 2.24) is 15.5 Å². The maximum Gasteiger partial charge on any atom is 0.329 e. The zero-order valence-electron chi connectivity index (χ0n) is 7.91. The Morgan fingerprint density at radius 3 is 2.73 bits per heavy atom. The summed E-state index contributed by atoms with van der Waals surface area (Å²) in [6, 6.07) is -0.794. The third-order valence-electron chi connectivity index (χ3n) is 1.32. The Morgan fingerprint density at radius 1 is 1.47 bits per heavy atom. The van der Waals surface area contributed by atoms with E-state index in [9.17, 15) is 9.59 Å². The van der Waals surface area contributed by atoms with Gasteiger partial charge >= 0.3 is 12.0 Å². The second-order valence-corrected chi connectivity index (χ2v) is 2.95. The summed E-state index contributed by atoms with van der Waals surface area (Å²) < 4.78 is 4.86. The van der Waals surface area contributed by atoms with Gasteiger partial charge in [-0.05, 0) is 0 Å². The fourth-order valence-electron chi connectivity index (χ4n) is 0.750. The fourth-order valence-corrected chi connectivity index (χ4v) is 0.922. The van der Waals surface area contributed by atoms with Gasteiger partial charge in [-0.1, -0.05) is 5.10 Å². The molecule has 7 nitrogen and oxygen atoms in total. The van der Waals surface area contributed by atoms with Gasteiger partial charge in [-0.2, -0.15) is 0 Å². The summed E-state index contributed by atoms with van der Waals surface area (Å²) in [7, 11) is 0. The molecular formula is C7H9ClN4O3. The monoisotopic (exact) mass is 232 g/mol. The van der Waals surface area contributed by atoms with Crippen molar-refractivity contribution in [3.8, 4) is 0 Å². The van der Waals surface area contributed by atoms with Crippen LogP contribution in [-0.2, 0) is 4.79 Å². The number of hydrogen-bond acceptors (Lipinski definition) is 5. The van der Waals surface area contributed by atoms with Gasteiger partial charge in [0.15, 0.2) is 0 Å². The van der Waals surface area contributed by atoms with Crippen molar-refractivity contribution in [3.63, 3.8) is 0 Å². The number of nitrogens with one attached hydrogen (secondary N) is 2. The minimum absolute atomic E-state index is 0.0660.